The van der Waals surface area contributed by atoms with Gasteiger partial charge in [-0.1, -0.05) is 66.0 Å². The smallest absolute Gasteiger partial charge is 0.251 e. The van der Waals surface area contributed by atoms with Gasteiger partial charge in [-0.05, 0) is 62.1 Å². The van der Waals surface area contributed by atoms with Crippen LogP contribution >= 0.6 is 11.6 Å². The third-order valence-corrected chi connectivity index (χ3v) is 6.38. The van der Waals surface area contributed by atoms with Crippen molar-refractivity contribution in [3.63, 3.8) is 0 Å². The Bertz CT molecular complexity index is 1260. The van der Waals surface area contributed by atoms with Gasteiger partial charge in [0.1, 0.15) is 5.82 Å². The summed E-state index contributed by atoms with van der Waals surface area (Å²) < 4.78 is 2.28. The minimum absolute atomic E-state index is 0.00836. The molecule has 0 aliphatic carbocycles. The summed E-state index contributed by atoms with van der Waals surface area (Å²) in [6, 6.07) is 22.2. The molecule has 3 aromatic carbocycles. The number of unbranched alkanes of at least 4 members (excludes halogenated alkanes) is 2. The SMILES string of the molecule is Cc1ccc(C(=O)NCCCCCc2nc3ccccc3n2Cc2ccccc2Cl)c(C)c1. The number of hydrogen-bond donors (Lipinski definition) is 1. The number of hydrogen-bond acceptors (Lipinski definition) is 2. The molecule has 0 unspecified atom stereocenters. The molecule has 1 amide bonds. The monoisotopic (exact) mass is 459 g/mol. The lowest BCUT2D eigenvalue weighted by Crippen LogP contribution is -2.25. The number of halogens is 1. The first-order valence-electron chi connectivity index (χ1n) is 11.6. The molecule has 0 fully saturated rings. The molecule has 1 N–H and O–H groups in total. The van der Waals surface area contributed by atoms with Gasteiger partial charge in [0.2, 0.25) is 0 Å². The van der Waals surface area contributed by atoms with Crippen LogP contribution < -0.4 is 5.32 Å². The van der Waals surface area contributed by atoms with Crippen LogP contribution in [-0.4, -0.2) is 22.0 Å². The minimum atomic E-state index is 0.00836. The summed E-state index contributed by atoms with van der Waals surface area (Å²) in [5.74, 6) is 1.09. The molecule has 0 spiro atoms. The number of carbonyl (C=O) groups excluding carboxylic acids is 1. The van der Waals surface area contributed by atoms with Crippen molar-refractivity contribution in [2.45, 2.75) is 46.1 Å². The Kier molecular flexibility index (Phi) is 7.46. The van der Waals surface area contributed by atoms with Crippen molar-refractivity contribution in [3.05, 3.63) is 99.8 Å². The van der Waals surface area contributed by atoms with Gasteiger partial charge in [0.05, 0.1) is 17.6 Å². The van der Waals surface area contributed by atoms with Gasteiger partial charge in [0, 0.05) is 23.6 Å². The van der Waals surface area contributed by atoms with E-state index in [9.17, 15) is 4.79 Å². The van der Waals surface area contributed by atoms with Crippen LogP contribution in [0.1, 0.15) is 52.1 Å². The molecule has 5 heteroatoms. The highest BCUT2D eigenvalue weighted by molar-refractivity contribution is 6.31. The van der Waals surface area contributed by atoms with Gasteiger partial charge in [0.15, 0.2) is 0 Å². The Morgan fingerprint density at radius 1 is 0.970 bits per heavy atom. The molecule has 4 nitrogen and oxygen atoms in total. The molecular formula is C28H30ClN3O. The predicted molar refractivity (Wildman–Crippen MR) is 136 cm³/mol. The molecule has 1 aromatic heterocycles. The third-order valence-electron chi connectivity index (χ3n) is 6.01. The lowest BCUT2D eigenvalue weighted by molar-refractivity contribution is 0.0952. The Hall–Kier alpha value is -3.11. The number of para-hydroxylation sites is 2. The number of aryl methyl sites for hydroxylation is 3. The molecule has 0 saturated heterocycles. The van der Waals surface area contributed by atoms with Crippen LogP contribution in [0.4, 0.5) is 0 Å². The topological polar surface area (TPSA) is 46.9 Å². The van der Waals surface area contributed by atoms with Crippen molar-refractivity contribution >= 4 is 28.5 Å². The fourth-order valence-corrected chi connectivity index (χ4v) is 4.44. The maximum atomic E-state index is 12.4. The highest BCUT2D eigenvalue weighted by Gasteiger charge is 2.12. The van der Waals surface area contributed by atoms with E-state index in [0.717, 1.165) is 64.3 Å². The van der Waals surface area contributed by atoms with Crippen LogP contribution in [0.2, 0.25) is 5.02 Å². The average molecular weight is 460 g/mol. The van der Waals surface area contributed by atoms with E-state index in [4.69, 9.17) is 16.6 Å². The Morgan fingerprint density at radius 2 is 1.76 bits per heavy atom. The van der Waals surface area contributed by atoms with Crippen LogP contribution in [0.3, 0.4) is 0 Å². The number of fused-ring (bicyclic) bond motifs is 1. The number of rotatable bonds is 9. The largest absolute Gasteiger partial charge is 0.352 e. The molecule has 0 radical (unpaired) electrons. The van der Waals surface area contributed by atoms with Gasteiger partial charge in [-0.2, -0.15) is 0 Å². The van der Waals surface area contributed by atoms with E-state index < -0.39 is 0 Å². The summed E-state index contributed by atoms with van der Waals surface area (Å²) in [6.07, 6.45) is 3.89. The molecule has 170 valence electrons. The Labute approximate surface area is 200 Å². The second kappa shape index (κ2) is 10.7. The number of imidazole rings is 1. The normalized spacial score (nSPS) is 11.1. The van der Waals surface area contributed by atoms with E-state index in [1.54, 1.807) is 0 Å². The van der Waals surface area contributed by atoms with E-state index in [1.807, 2.05) is 56.3 Å². The lowest BCUT2D eigenvalue weighted by atomic mass is 10.1. The molecule has 0 aliphatic rings. The van der Waals surface area contributed by atoms with E-state index in [-0.39, 0.29) is 5.91 Å². The average Bonchev–Trinajstić information content (AvgIpc) is 3.14. The van der Waals surface area contributed by atoms with Gasteiger partial charge < -0.3 is 9.88 Å². The van der Waals surface area contributed by atoms with Crippen molar-refractivity contribution in [1.82, 2.24) is 14.9 Å². The van der Waals surface area contributed by atoms with E-state index in [0.29, 0.717) is 13.1 Å². The highest BCUT2D eigenvalue weighted by Crippen LogP contribution is 2.23. The first kappa shape index (κ1) is 23.1. The van der Waals surface area contributed by atoms with Crippen LogP contribution in [0.25, 0.3) is 11.0 Å². The fraction of sp³-hybridized carbons (Fsp3) is 0.286. The van der Waals surface area contributed by atoms with Crippen molar-refractivity contribution in [1.29, 1.82) is 0 Å². The van der Waals surface area contributed by atoms with Gasteiger partial charge in [0.25, 0.3) is 5.91 Å². The maximum Gasteiger partial charge on any atom is 0.251 e. The summed E-state index contributed by atoms with van der Waals surface area (Å²) >= 11 is 6.43. The summed E-state index contributed by atoms with van der Waals surface area (Å²) in [4.78, 5) is 17.3. The van der Waals surface area contributed by atoms with E-state index in [2.05, 4.69) is 34.1 Å². The molecule has 1 heterocycles. The van der Waals surface area contributed by atoms with Gasteiger partial charge in [-0.25, -0.2) is 4.98 Å². The number of carbonyl (C=O) groups is 1. The number of benzene rings is 3. The maximum absolute atomic E-state index is 12.4. The summed E-state index contributed by atoms with van der Waals surface area (Å²) in [6.45, 7) is 5.41. The summed E-state index contributed by atoms with van der Waals surface area (Å²) in [7, 11) is 0. The number of aromatic nitrogens is 2. The molecule has 4 aromatic rings. The van der Waals surface area contributed by atoms with Crippen LogP contribution in [0, 0.1) is 13.8 Å². The molecule has 0 bridgehead atoms. The molecule has 0 aliphatic heterocycles. The quantitative estimate of drug-likeness (QED) is 0.290. The zero-order chi connectivity index (χ0) is 23.2. The Balaban J connectivity index is 1.33. The van der Waals surface area contributed by atoms with Crippen LogP contribution in [0.5, 0.6) is 0 Å². The number of amides is 1. The lowest BCUT2D eigenvalue weighted by Gasteiger charge is -2.11. The van der Waals surface area contributed by atoms with Crippen molar-refractivity contribution in [2.75, 3.05) is 6.54 Å². The van der Waals surface area contributed by atoms with Crippen molar-refractivity contribution in [2.24, 2.45) is 0 Å². The van der Waals surface area contributed by atoms with Gasteiger partial charge >= 0.3 is 0 Å². The third kappa shape index (κ3) is 5.63. The predicted octanol–water partition coefficient (Wildman–Crippen LogP) is 6.50. The second-order valence-corrected chi connectivity index (χ2v) is 8.99. The molecule has 33 heavy (non-hydrogen) atoms. The summed E-state index contributed by atoms with van der Waals surface area (Å²) in [5.41, 5.74) is 6.19. The zero-order valence-electron chi connectivity index (χ0n) is 19.3. The summed E-state index contributed by atoms with van der Waals surface area (Å²) in [5, 5.41) is 3.83. The molecule has 4 rings (SSSR count). The van der Waals surface area contributed by atoms with Crippen LogP contribution in [-0.2, 0) is 13.0 Å². The zero-order valence-corrected chi connectivity index (χ0v) is 20.0. The van der Waals surface area contributed by atoms with Crippen molar-refractivity contribution < 1.29 is 4.79 Å². The second-order valence-electron chi connectivity index (χ2n) is 8.58. The first-order chi connectivity index (χ1) is 16.0. The first-order valence-corrected chi connectivity index (χ1v) is 11.9. The molecular weight excluding hydrogens is 430 g/mol. The van der Waals surface area contributed by atoms with E-state index >= 15 is 0 Å². The van der Waals surface area contributed by atoms with Crippen LogP contribution in [0.15, 0.2) is 66.7 Å². The number of nitrogens with zero attached hydrogens (tertiary/aromatic N) is 2. The van der Waals surface area contributed by atoms with Gasteiger partial charge in [-0.3, -0.25) is 4.79 Å². The van der Waals surface area contributed by atoms with Gasteiger partial charge in [-0.15, -0.1) is 0 Å². The minimum Gasteiger partial charge on any atom is -0.352 e. The van der Waals surface area contributed by atoms with Crippen molar-refractivity contribution in [3.8, 4) is 0 Å². The molecule has 0 atom stereocenters. The number of nitrogens with one attached hydrogen (secondary N) is 1. The van der Waals surface area contributed by atoms with E-state index in [1.165, 1.54) is 5.56 Å². The fourth-order valence-electron chi connectivity index (χ4n) is 4.24. The molecule has 0 saturated carbocycles. The highest BCUT2D eigenvalue weighted by atomic mass is 35.5. The Morgan fingerprint density at radius 3 is 2.58 bits per heavy atom. The standard InChI is InChI=1S/C28H30ClN3O/c1-20-15-16-23(21(2)18-20)28(33)30-17-9-3-4-14-27-31-25-12-7-8-13-26(25)32(27)19-22-10-5-6-11-24(22)29/h5-8,10-13,15-16,18H,3-4,9,14,17,19H2,1-2H3,(H,30,33).